The molecule has 9 nitrogen and oxygen atoms in total. The summed E-state index contributed by atoms with van der Waals surface area (Å²) in [5.74, 6) is -0.688. The van der Waals surface area contributed by atoms with Gasteiger partial charge in [-0.1, -0.05) is 0 Å². The number of nitrogens with one attached hydrogen (secondary N) is 1. The predicted molar refractivity (Wildman–Crippen MR) is 76.2 cm³/mol. The highest BCUT2D eigenvalue weighted by Gasteiger charge is 2.23. The van der Waals surface area contributed by atoms with E-state index in [9.17, 15) is 14.4 Å². The van der Waals surface area contributed by atoms with Crippen LogP contribution in [0, 0.1) is 0 Å². The second-order valence-corrected chi connectivity index (χ2v) is 4.06. The standard InChI is InChI=1S/C11H21N5O3.H3N/c1-8(18)6-16(7-17)10(19)9(14-2)4-3-5-15-11(12)13;/h7,9,14H,3-6H2,1-2H3,(H4,12,13,15);1H3. The van der Waals surface area contributed by atoms with Crippen molar-refractivity contribution in [2.24, 2.45) is 16.5 Å². The molecule has 116 valence electrons. The first-order chi connectivity index (χ1) is 8.92. The number of guanidine groups is 1. The number of ketones is 1. The van der Waals surface area contributed by atoms with E-state index in [1.165, 1.54) is 6.92 Å². The van der Waals surface area contributed by atoms with Crippen LogP contribution in [0.2, 0.25) is 0 Å². The number of nitrogens with zero attached hydrogens (tertiary/aromatic N) is 2. The Balaban J connectivity index is 0. The van der Waals surface area contributed by atoms with Gasteiger partial charge in [0.15, 0.2) is 5.96 Å². The van der Waals surface area contributed by atoms with Gasteiger partial charge in [0.25, 0.3) is 0 Å². The third-order valence-corrected chi connectivity index (χ3v) is 2.40. The minimum Gasteiger partial charge on any atom is -0.370 e. The summed E-state index contributed by atoms with van der Waals surface area (Å²) in [6.45, 7) is 1.51. The van der Waals surface area contributed by atoms with E-state index in [4.69, 9.17) is 11.5 Å². The quantitative estimate of drug-likeness (QED) is 0.171. The van der Waals surface area contributed by atoms with Crippen molar-refractivity contribution < 1.29 is 14.4 Å². The minimum absolute atomic E-state index is 0. The molecule has 0 aliphatic heterocycles. The molecule has 0 spiro atoms. The Hall–Kier alpha value is -2.00. The third kappa shape index (κ3) is 8.16. The van der Waals surface area contributed by atoms with Gasteiger partial charge in [-0.25, -0.2) is 0 Å². The maximum absolute atomic E-state index is 12.0. The van der Waals surface area contributed by atoms with Crippen LogP contribution < -0.4 is 22.9 Å². The Morgan fingerprint density at radius 2 is 2.00 bits per heavy atom. The second-order valence-electron chi connectivity index (χ2n) is 4.06. The average molecular weight is 288 g/mol. The number of imide groups is 1. The molecule has 0 radical (unpaired) electrons. The molecule has 0 aliphatic rings. The Labute approximate surface area is 118 Å². The van der Waals surface area contributed by atoms with E-state index in [2.05, 4.69) is 10.3 Å². The number of rotatable bonds is 9. The molecule has 0 heterocycles. The van der Waals surface area contributed by atoms with Crippen molar-refractivity contribution in [3.8, 4) is 0 Å². The van der Waals surface area contributed by atoms with Gasteiger partial charge in [0.2, 0.25) is 12.3 Å². The van der Waals surface area contributed by atoms with Gasteiger partial charge < -0.3 is 22.9 Å². The number of nitrogens with two attached hydrogens (primary N) is 2. The molecule has 1 atom stereocenters. The maximum Gasteiger partial charge on any atom is 0.246 e. The first-order valence-electron chi connectivity index (χ1n) is 5.90. The van der Waals surface area contributed by atoms with E-state index in [1.54, 1.807) is 7.05 Å². The van der Waals surface area contributed by atoms with Crippen molar-refractivity contribution in [1.82, 2.24) is 16.4 Å². The molecule has 0 fully saturated rings. The first kappa shape index (κ1) is 20.3. The van der Waals surface area contributed by atoms with Gasteiger partial charge in [0.05, 0.1) is 12.6 Å². The monoisotopic (exact) mass is 288 g/mol. The summed E-state index contributed by atoms with van der Waals surface area (Å²) < 4.78 is 0. The van der Waals surface area contributed by atoms with Crippen LogP contribution >= 0.6 is 0 Å². The lowest BCUT2D eigenvalue weighted by atomic mass is 10.1. The summed E-state index contributed by atoms with van der Waals surface area (Å²) in [5.41, 5.74) is 10.4. The Kier molecular flexibility index (Phi) is 11.1. The fourth-order valence-corrected chi connectivity index (χ4v) is 1.50. The fraction of sp³-hybridized carbons (Fsp3) is 0.636. The van der Waals surface area contributed by atoms with E-state index < -0.39 is 11.9 Å². The van der Waals surface area contributed by atoms with Gasteiger partial charge in [-0.3, -0.25) is 24.3 Å². The Bertz CT molecular complexity index is 354. The zero-order valence-corrected chi connectivity index (χ0v) is 12.0. The van der Waals surface area contributed by atoms with Gasteiger partial charge in [0, 0.05) is 6.54 Å². The van der Waals surface area contributed by atoms with Crippen LogP contribution in [-0.4, -0.2) is 55.1 Å². The molecule has 0 aliphatic carbocycles. The van der Waals surface area contributed by atoms with Crippen molar-refractivity contribution in [1.29, 1.82) is 0 Å². The molecule has 9 heteroatoms. The summed E-state index contributed by atoms with van der Waals surface area (Å²) in [7, 11) is 1.61. The normalized spacial score (nSPS) is 10.9. The number of aliphatic imine (C=N–C) groups is 1. The summed E-state index contributed by atoms with van der Waals surface area (Å²) in [5, 5.41) is 2.81. The number of amides is 2. The maximum atomic E-state index is 12.0. The van der Waals surface area contributed by atoms with Crippen molar-refractivity contribution in [2.75, 3.05) is 20.1 Å². The zero-order chi connectivity index (χ0) is 14.8. The van der Waals surface area contributed by atoms with Gasteiger partial charge in [-0.15, -0.1) is 0 Å². The molecule has 1 unspecified atom stereocenters. The summed E-state index contributed by atoms with van der Waals surface area (Å²) >= 11 is 0. The van der Waals surface area contributed by atoms with Crippen LogP contribution in [0.4, 0.5) is 0 Å². The molecular formula is C11H24N6O3. The van der Waals surface area contributed by atoms with E-state index in [0.29, 0.717) is 25.8 Å². The van der Waals surface area contributed by atoms with Crippen LogP contribution in [0.25, 0.3) is 0 Å². The summed E-state index contributed by atoms with van der Waals surface area (Å²) in [6, 6.07) is -0.543. The molecule has 0 rings (SSSR count). The number of Topliss-reactive ketones (excluding diaryl/α,β-unsaturated/α-hetero) is 1. The van der Waals surface area contributed by atoms with Crippen molar-refractivity contribution >= 4 is 24.1 Å². The summed E-state index contributed by atoms with van der Waals surface area (Å²) in [4.78, 5) is 38.4. The van der Waals surface area contributed by atoms with Gasteiger partial charge >= 0.3 is 0 Å². The first-order valence-corrected chi connectivity index (χ1v) is 5.90. The Morgan fingerprint density at radius 3 is 2.40 bits per heavy atom. The predicted octanol–water partition coefficient (Wildman–Crippen LogP) is -1.64. The number of carbonyl (C=O) groups excluding carboxylic acids is 3. The topological polar surface area (TPSA) is 166 Å². The molecular weight excluding hydrogens is 264 g/mol. The molecule has 2 amide bonds. The number of hydrogen-bond donors (Lipinski definition) is 4. The highest BCUT2D eigenvalue weighted by molar-refractivity contribution is 5.94. The second kappa shape index (κ2) is 10.9. The third-order valence-electron chi connectivity index (χ3n) is 2.40. The van der Waals surface area contributed by atoms with Crippen LogP contribution in [0.5, 0.6) is 0 Å². The van der Waals surface area contributed by atoms with Crippen molar-refractivity contribution in [2.45, 2.75) is 25.8 Å². The lowest BCUT2D eigenvalue weighted by Crippen LogP contribution is -2.46. The molecule has 0 aromatic rings. The van der Waals surface area contributed by atoms with E-state index >= 15 is 0 Å². The number of likely N-dealkylation sites (N-methyl/N-ethyl adjacent to an activating group) is 1. The molecule has 0 aromatic heterocycles. The van der Waals surface area contributed by atoms with Crippen molar-refractivity contribution in [3.63, 3.8) is 0 Å². The lowest BCUT2D eigenvalue weighted by Gasteiger charge is -2.21. The molecule has 0 saturated heterocycles. The smallest absolute Gasteiger partial charge is 0.246 e. The van der Waals surface area contributed by atoms with Gasteiger partial charge in [-0.2, -0.15) is 0 Å². The van der Waals surface area contributed by atoms with Crippen LogP contribution in [-0.2, 0) is 14.4 Å². The van der Waals surface area contributed by atoms with Crippen LogP contribution in [0.15, 0.2) is 4.99 Å². The number of carbonyl (C=O) groups is 3. The molecule has 0 saturated carbocycles. The average Bonchev–Trinajstić information content (AvgIpc) is 2.34. The van der Waals surface area contributed by atoms with Gasteiger partial charge in [-0.05, 0) is 26.8 Å². The van der Waals surface area contributed by atoms with E-state index in [-0.39, 0.29) is 24.4 Å². The summed E-state index contributed by atoms with van der Waals surface area (Å²) in [6.07, 6.45) is 1.42. The highest BCUT2D eigenvalue weighted by atomic mass is 16.2. The molecule has 20 heavy (non-hydrogen) atoms. The van der Waals surface area contributed by atoms with Crippen LogP contribution in [0.1, 0.15) is 19.8 Å². The fourth-order valence-electron chi connectivity index (χ4n) is 1.50. The Morgan fingerprint density at radius 1 is 1.40 bits per heavy atom. The van der Waals surface area contributed by atoms with Gasteiger partial charge in [0.1, 0.15) is 5.78 Å². The van der Waals surface area contributed by atoms with Crippen LogP contribution in [0.3, 0.4) is 0 Å². The molecule has 8 N–H and O–H groups in total. The van der Waals surface area contributed by atoms with E-state index in [0.717, 1.165) is 4.90 Å². The molecule has 0 aromatic carbocycles. The minimum atomic E-state index is -0.543. The number of hydrogen-bond acceptors (Lipinski definition) is 6. The lowest BCUT2D eigenvalue weighted by molar-refractivity contribution is -0.142. The van der Waals surface area contributed by atoms with E-state index in [1.807, 2.05) is 0 Å². The highest BCUT2D eigenvalue weighted by Crippen LogP contribution is 2.02. The van der Waals surface area contributed by atoms with Crippen molar-refractivity contribution in [3.05, 3.63) is 0 Å². The molecule has 0 bridgehead atoms. The zero-order valence-electron chi connectivity index (χ0n) is 12.0. The largest absolute Gasteiger partial charge is 0.370 e. The SMILES string of the molecule is CNC(CCCN=C(N)N)C(=O)N(C=O)CC(C)=O.N.